The van der Waals surface area contributed by atoms with E-state index in [1.54, 1.807) is 34.1 Å². The number of hydrogen-bond acceptors (Lipinski definition) is 5. The number of fused-ring (bicyclic) bond motifs is 2. The number of amides is 1. The molecule has 1 aliphatic heterocycles. The van der Waals surface area contributed by atoms with Crippen LogP contribution in [0.4, 0.5) is 5.82 Å². The average Bonchev–Trinajstić information content (AvgIpc) is 3.15. The molecule has 0 bridgehead atoms. The highest BCUT2D eigenvalue weighted by molar-refractivity contribution is 6.34. The lowest BCUT2D eigenvalue weighted by Crippen LogP contribution is -2.32. The lowest BCUT2D eigenvalue weighted by Gasteiger charge is -2.19. The molecule has 146 valence electrons. The topological polar surface area (TPSA) is 85.8 Å². The van der Waals surface area contributed by atoms with Crippen LogP contribution < -0.4 is 10.3 Å². The molecule has 8 heteroatoms. The highest BCUT2D eigenvalue weighted by atomic mass is 35.5. The summed E-state index contributed by atoms with van der Waals surface area (Å²) >= 11 is 6.36. The summed E-state index contributed by atoms with van der Waals surface area (Å²) < 4.78 is 1.71. The highest BCUT2D eigenvalue weighted by Gasteiger charge is 2.34. The van der Waals surface area contributed by atoms with E-state index in [1.165, 1.54) is 0 Å². The number of nitriles is 1. The van der Waals surface area contributed by atoms with E-state index in [2.05, 4.69) is 21.5 Å². The second kappa shape index (κ2) is 6.90. The molecule has 3 aromatic rings. The Balaban J connectivity index is 1.72. The molecule has 1 amide bonds. The molecule has 0 radical (unpaired) electrons. The fourth-order valence-corrected chi connectivity index (χ4v) is 3.85. The van der Waals surface area contributed by atoms with E-state index in [1.807, 2.05) is 39.0 Å². The van der Waals surface area contributed by atoms with Crippen molar-refractivity contribution in [3.63, 3.8) is 0 Å². The first kappa shape index (κ1) is 19.0. The van der Waals surface area contributed by atoms with Crippen molar-refractivity contribution >= 4 is 35.1 Å². The van der Waals surface area contributed by atoms with Gasteiger partial charge in [0.2, 0.25) is 0 Å². The molecule has 29 heavy (non-hydrogen) atoms. The predicted molar refractivity (Wildman–Crippen MR) is 112 cm³/mol. The number of nitrogens with one attached hydrogen (secondary N) is 1. The fraction of sp³-hybridized carbons (Fsp3) is 0.238. The molecule has 0 saturated carbocycles. The molecule has 0 spiro atoms. The minimum absolute atomic E-state index is 0.0595. The van der Waals surface area contributed by atoms with Crippen LogP contribution >= 0.6 is 11.6 Å². The summed E-state index contributed by atoms with van der Waals surface area (Å²) in [7, 11) is 0. The predicted octanol–water partition coefficient (Wildman–Crippen LogP) is 3.70. The molecule has 4 rings (SSSR count). The first-order valence-electron chi connectivity index (χ1n) is 9.20. The third-order valence-corrected chi connectivity index (χ3v) is 5.29. The zero-order valence-electron chi connectivity index (χ0n) is 16.3. The van der Waals surface area contributed by atoms with Crippen molar-refractivity contribution in [2.75, 3.05) is 11.6 Å². The molecule has 1 aliphatic rings. The Labute approximate surface area is 173 Å². The number of benzene rings is 1. The molecule has 7 nitrogen and oxygen atoms in total. The number of rotatable bonds is 4. The van der Waals surface area contributed by atoms with E-state index in [0.29, 0.717) is 34.2 Å². The Morgan fingerprint density at radius 2 is 2.21 bits per heavy atom. The number of carbonyl (C=O) groups is 1. The molecule has 0 saturated heterocycles. The SMILES string of the molecule is CCN(/N=C/c1ccc2c(c1)C(C)(C)NC2=O)c1nccn2c(C#N)cc(Cl)c12. The zero-order chi connectivity index (χ0) is 20.8. The van der Waals surface area contributed by atoms with Crippen LogP contribution in [0.15, 0.2) is 41.8 Å². The zero-order valence-corrected chi connectivity index (χ0v) is 17.0. The maximum Gasteiger partial charge on any atom is 0.252 e. The van der Waals surface area contributed by atoms with Gasteiger partial charge in [0.15, 0.2) is 5.82 Å². The van der Waals surface area contributed by atoms with Gasteiger partial charge in [-0.2, -0.15) is 10.4 Å². The number of hydrazone groups is 1. The van der Waals surface area contributed by atoms with E-state index >= 15 is 0 Å². The van der Waals surface area contributed by atoms with Crippen LogP contribution in [-0.2, 0) is 5.54 Å². The maximum absolute atomic E-state index is 12.1. The quantitative estimate of drug-likeness (QED) is 0.528. The van der Waals surface area contributed by atoms with Gasteiger partial charge in [0, 0.05) is 24.5 Å². The van der Waals surface area contributed by atoms with Gasteiger partial charge in [0.1, 0.15) is 17.3 Å². The van der Waals surface area contributed by atoms with E-state index < -0.39 is 5.54 Å². The van der Waals surface area contributed by atoms with Crippen molar-refractivity contribution in [2.45, 2.75) is 26.3 Å². The molecular weight excluding hydrogens is 388 g/mol. The fourth-order valence-electron chi connectivity index (χ4n) is 3.57. The van der Waals surface area contributed by atoms with E-state index in [4.69, 9.17) is 11.6 Å². The molecule has 2 aromatic heterocycles. The molecule has 1 aromatic carbocycles. The standard InChI is InChI=1S/C21H19ClN6O/c1-4-28(19-18-17(22)10-14(11-23)27(18)8-7-24-19)25-12-13-5-6-15-16(9-13)21(2,3)26-20(15)29/h5-10,12H,4H2,1-3H3,(H,26,29)/b25-12+. The van der Waals surface area contributed by atoms with Gasteiger partial charge in [-0.1, -0.05) is 17.7 Å². The van der Waals surface area contributed by atoms with Crippen molar-refractivity contribution in [3.05, 3.63) is 64.1 Å². The second-order valence-electron chi connectivity index (χ2n) is 7.30. The average molecular weight is 407 g/mol. The molecule has 1 N–H and O–H groups in total. The number of anilines is 1. The van der Waals surface area contributed by atoms with Gasteiger partial charge in [-0.3, -0.25) is 4.79 Å². The summed E-state index contributed by atoms with van der Waals surface area (Å²) in [6, 6.07) is 9.40. The third kappa shape index (κ3) is 3.12. The Morgan fingerprint density at radius 3 is 2.93 bits per heavy atom. The van der Waals surface area contributed by atoms with Crippen LogP contribution in [-0.4, -0.2) is 28.1 Å². The summed E-state index contributed by atoms with van der Waals surface area (Å²) in [5, 5.41) is 19.0. The van der Waals surface area contributed by atoms with Crippen LogP contribution in [0.3, 0.4) is 0 Å². The Morgan fingerprint density at radius 1 is 1.41 bits per heavy atom. The Kier molecular flexibility index (Phi) is 4.52. The number of carbonyl (C=O) groups excluding carboxylic acids is 1. The van der Waals surface area contributed by atoms with Crippen molar-refractivity contribution in [2.24, 2.45) is 5.10 Å². The van der Waals surface area contributed by atoms with Gasteiger partial charge in [0.25, 0.3) is 5.91 Å². The van der Waals surface area contributed by atoms with Crippen molar-refractivity contribution in [1.82, 2.24) is 14.7 Å². The number of hydrogen-bond donors (Lipinski definition) is 1. The van der Waals surface area contributed by atoms with Gasteiger partial charge in [-0.25, -0.2) is 9.99 Å². The van der Waals surface area contributed by atoms with Gasteiger partial charge in [0.05, 0.1) is 16.8 Å². The van der Waals surface area contributed by atoms with Crippen LogP contribution in [0.1, 0.15) is 48.0 Å². The van der Waals surface area contributed by atoms with E-state index in [-0.39, 0.29) is 5.91 Å². The lowest BCUT2D eigenvalue weighted by molar-refractivity contribution is 0.0940. The molecule has 0 fully saturated rings. The highest BCUT2D eigenvalue weighted by Crippen LogP contribution is 2.31. The first-order chi connectivity index (χ1) is 13.9. The minimum atomic E-state index is -0.416. The summed E-state index contributed by atoms with van der Waals surface area (Å²) in [4.78, 5) is 16.5. The van der Waals surface area contributed by atoms with Crippen molar-refractivity contribution in [3.8, 4) is 6.07 Å². The third-order valence-electron chi connectivity index (χ3n) is 5.01. The largest absolute Gasteiger partial charge is 0.343 e. The molecular formula is C21H19ClN6O. The summed E-state index contributed by atoms with van der Waals surface area (Å²) in [5.74, 6) is 0.506. The number of aromatic nitrogens is 2. The van der Waals surface area contributed by atoms with Crippen LogP contribution in [0.2, 0.25) is 5.02 Å². The summed E-state index contributed by atoms with van der Waals surface area (Å²) in [6.07, 6.45) is 5.05. The van der Waals surface area contributed by atoms with Gasteiger partial charge in [-0.15, -0.1) is 0 Å². The first-order valence-corrected chi connectivity index (χ1v) is 9.57. The van der Waals surface area contributed by atoms with Gasteiger partial charge < -0.3 is 9.72 Å². The summed E-state index contributed by atoms with van der Waals surface area (Å²) in [5.41, 5.74) is 3.17. The minimum Gasteiger partial charge on any atom is -0.343 e. The van der Waals surface area contributed by atoms with Crippen LogP contribution in [0.25, 0.3) is 5.52 Å². The molecule has 0 unspecified atom stereocenters. The summed E-state index contributed by atoms with van der Waals surface area (Å²) in [6.45, 7) is 6.46. The van der Waals surface area contributed by atoms with Crippen LogP contribution in [0.5, 0.6) is 0 Å². The van der Waals surface area contributed by atoms with E-state index in [0.717, 1.165) is 11.1 Å². The smallest absolute Gasteiger partial charge is 0.252 e. The van der Waals surface area contributed by atoms with Gasteiger partial charge >= 0.3 is 0 Å². The Bertz CT molecular complexity index is 1200. The lowest BCUT2D eigenvalue weighted by atomic mass is 9.93. The molecule has 0 atom stereocenters. The van der Waals surface area contributed by atoms with Crippen LogP contribution in [0, 0.1) is 11.3 Å². The molecule has 0 aliphatic carbocycles. The van der Waals surface area contributed by atoms with Gasteiger partial charge in [-0.05, 0) is 50.1 Å². The maximum atomic E-state index is 12.1. The second-order valence-corrected chi connectivity index (χ2v) is 7.71. The monoisotopic (exact) mass is 406 g/mol. The van der Waals surface area contributed by atoms with Crippen molar-refractivity contribution in [1.29, 1.82) is 5.26 Å². The Hall–Kier alpha value is -3.37. The number of halogens is 1. The van der Waals surface area contributed by atoms with E-state index in [9.17, 15) is 10.1 Å². The number of nitrogens with zero attached hydrogens (tertiary/aromatic N) is 5. The normalized spacial score (nSPS) is 14.8. The van der Waals surface area contributed by atoms with Crippen molar-refractivity contribution < 1.29 is 4.79 Å². The molecule has 3 heterocycles.